The highest BCUT2D eigenvalue weighted by molar-refractivity contribution is 5.74. The number of hydrogen-bond donors (Lipinski definition) is 1. The van der Waals surface area contributed by atoms with E-state index in [9.17, 15) is 14.0 Å². The van der Waals surface area contributed by atoms with Crippen LogP contribution < -0.4 is 5.32 Å². The van der Waals surface area contributed by atoms with Crippen molar-refractivity contribution in [3.8, 4) is 0 Å². The number of halogens is 1. The Morgan fingerprint density at radius 3 is 2.68 bits per heavy atom. The fourth-order valence-electron chi connectivity index (χ4n) is 6.83. The van der Waals surface area contributed by atoms with Gasteiger partial charge in [0.05, 0.1) is 12.6 Å². The van der Waals surface area contributed by atoms with Crippen LogP contribution in [0.15, 0.2) is 18.2 Å². The zero-order valence-electron chi connectivity index (χ0n) is 18.4. The Hall–Kier alpha value is -2.15. The summed E-state index contributed by atoms with van der Waals surface area (Å²) in [7, 11) is 0. The summed E-state index contributed by atoms with van der Waals surface area (Å²) in [6.07, 6.45) is 5.81. The minimum absolute atomic E-state index is 0. The third kappa shape index (κ3) is 3.51. The Labute approximate surface area is 184 Å². The first-order chi connectivity index (χ1) is 14.9. The van der Waals surface area contributed by atoms with Crippen molar-refractivity contribution in [1.29, 1.82) is 0 Å². The number of benzene rings is 1. The maximum Gasteiger partial charge on any atom is 0.410 e. The van der Waals surface area contributed by atoms with Gasteiger partial charge in [-0.3, -0.25) is 9.69 Å². The van der Waals surface area contributed by atoms with E-state index in [1.54, 1.807) is 12.1 Å². The number of carbonyl (C=O) groups excluding carboxylic acids is 2. The van der Waals surface area contributed by atoms with E-state index in [1.165, 1.54) is 12.5 Å². The van der Waals surface area contributed by atoms with Crippen molar-refractivity contribution in [2.75, 3.05) is 19.7 Å². The molecule has 1 aromatic carbocycles. The molecule has 3 fully saturated rings. The number of fused-ring (bicyclic) bond motifs is 4. The average molecular weight is 432 g/mol. The maximum absolute atomic E-state index is 14.0. The van der Waals surface area contributed by atoms with E-state index in [0.717, 1.165) is 57.2 Å². The van der Waals surface area contributed by atoms with Crippen molar-refractivity contribution in [2.45, 2.75) is 82.0 Å². The molecule has 6 nitrogen and oxygen atoms in total. The fraction of sp³-hybridized carbons (Fsp3) is 0.667. The fourth-order valence-corrected chi connectivity index (χ4v) is 6.83. The second kappa shape index (κ2) is 7.76. The van der Waals surface area contributed by atoms with Crippen molar-refractivity contribution < 1.29 is 20.1 Å². The number of likely N-dealkylation sites (tertiary alicyclic amines) is 1. The van der Waals surface area contributed by atoms with Gasteiger partial charge in [-0.25, -0.2) is 9.18 Å². The van der Waals surface area contributed by atoms with E-state index in [4.69, 9.17) is 4.74 Å². The van der Waals surface area contributed by atoms with E-state index in [-0.39, 0.29) is 42.8 Å². The Bertz CT molecular complexity index is 885. The van der Waals surface area contributed by atoms with Gasteiger partial charge in [0, 0.05) is 38.4 Å². The van der Waals surface area contributed by atoms with Crippen molar-refractivity contribution in [3.63, 3.8) is 0 Å². The van der Waals surface area contributed by atoms with Crippen LogP contribution in [0, 0.1) is 5.82 Å². The molecular weight excluding hydrogens is 397 g/mol. The van der Waals surface area contributed by atoms with Crippen LogP contribution in [0.4, 0.5) is 9.18 Å². The van der Waals surface area contributed by atoms with Crippen LogP contribution in [0.25, 0.3) is 0 Å². The van der Waals surface area contributed by atoms with E-state index in [2.05, 4.69) is 10.2 Å². The molecule has 1 N–H and O–H groups in total. The average Bonchev–Trinajstić information content (AvgIpc) is 3.35. The highest BCUT2D eigenvalue weighted by atomic mass is 19.1. The molecule has 1 aliphatic carbocycles. The van der Waals surface area contributed by atoms with Gasteiger partial charge in [0.15, 0.2) is 0 Å². The lowest BCUT2D eigenvalue weighted by atomic mass is 9.81. The lowest BCUT2D eigenvalue weighted by molar-refractivity contribution is -0.119. The summed E-state index contributed by atoms with van der Waals surface area (Å²) in [6.45, 7) is 5.74. The molecule has 31 heavy (non-hydrogen) atoms. The number of ether oxygens (including phenoxy) is 1. The van der Waals surface area contributed by atoms with Crippen LogP contribution >= 0.6 is 0 Å². The molecule has 1 aromatic rings. The topological polar surface area (TPSA) is 61.9 Å². The lowest BCUT2D eigenvalue weighted by Gasteiger charge is -2.42. The molecule has 170 valence electrons. The van der Waals surface area contributed by atoms with Gasteiger partial charge in [-0.2, -0.15) is 0 Å². The second-order valence-electron chi connectivity index (χ2n) is 9.81. The number of piperidine rings is 1. The SMILES string of the molecule is CCOC(=O)N1C2CCC1CC(N1CCC3(C[C@@H](NC(C)=O)c4cc(F)ccc43)C1)C2.[HH]. The van der Waals surface area contributed by atoms with Gasteiger partial charge in [0.25, 0.3) is 0 Å². The highest BCUT2D eigenvalue weighted by Gasteiger charge is 2.52. The third-order valence-corrected chi connectivity index (χ3v) is 8.02. The summed E-state index contributed by atoms with van der Waals surface area (Å²) in [5, 5.41) is 3.04. The molecular formula is C24H34FN3O3. The van der Waals surface area contributed by atoms with Crippen LogP contribution in [-0.2, 0) is 14.9 Å². The minimum atomic E-state index is -0.246. The predicted octanol–water partition coefficient (Wildman–Crippen LogP) is 3.75. The first-order valence-corrected chi connectivity index (χ1v) is 11.7. The van der Waals surface area contributed by atoms with E-state index in [0.29, 0.717) is 12.6 Å². The molecule has 5 rings (SSSR count). The number of amides is 2. The number of hydrogen-bond acceptors (Lipinski definition) is 4. The quantitative estimate of drug-likeness (QED) is 0.792. The van der Waals surface area contributed by atoms with Gasteiger partial charge >= 0.3 is 6.09 Å². The molecule has 7 heteroatoms. The summed E-state index contributed by atoms with van der Waals surface area (Å²) in [5.74, 6) is -0.320. The monoisotopic (exact) mass is 431 g/mol. The molecule has 3 unspecified atom stereocenters. The smallest absolute Gasteiger partial charge is 0.410 e. The van der Waals surface area contributed by atoms with Gasteiger partial charge < -0.3 is 15.0 Å². The molecule has 3 heterocycles. The van der Waals surface area contributed by atoms with Crippen molar-refractivity contribution in [1.82, 2.24) is 15.1 Å². The Balaban J connectivity index is 0.00000245. The number of nitrogens with zero attached hydrogens (tertiary/aromatic N) is 2. The van der Waals surface area contributed by atoms with Gasteiger partial charge in [-0.15, -0.1) is 0 Å². The molecule has 0 radical (unpaired) electrons. The second-order valence-corrected chi connectivity index (χ2v) is 9.81. The maximum atomic E-state index is 14.0. The molecule has 2 amide bonds. The summed E-state index contributed by atoms with van der Waals surface area (Å²) >= 11 is 0. The predicted molar refractivity (Wildman–Crippen MR) is 116 cm³/mol. The molecule has 1 spiro atoms. The first-order valence-electron chi connectivity index (χ1n) is 11.7. The molecule has 4 aliphatic rings. The Morgan fingerprint density at radius 1 is 1.26 bits per heavy atom. The van der Waals surface area contributed by atoms with Crippen molar-refractivity contribution in [3.05, 3.63) is 35.1 Å². The number of carbonyl (C=O) groups is 2. The van der Waals surface area contributed by atoms with Gasteiger partial charge in [-0.05, 0) is 75.3 Å². The molecule has 0 aromatic heterocycles. The zero-order valence-corrected chi connectivity index (χ0v) is 18.4. The van der Waals surface area contributed by atoms with E-state index in [1.807, 2.05) is 17.9 Å². The molecule has 2 bridgehead atoms. The molecule has 3 aliphatic heterocycles. The van der Waals surface area contributed by atoms with Crippen LogP contribution in [0.1, 0.15) is 71.0 Å². The molecule has 3 saturated heterocycles. The summed E-state index contributed by atoms with van der Waals surface area (Å²) in [6, 6.07) is 5.98. The normalized spacial score (nSPS) is 34.2. The summed E-state index contributed by atoms with van der Waals surface area (Å²) in [5.41, 5.74) is 2.10. The van der Waals surface area contributed by atoms with Crippen LogP contribution in [-0.4, -0.2) is 59.6 Å². The van der Waals surface area contributed by atoms with Crippen molar-refractivity contribution >= 4 is 12.0 Å². The summed E-state index contributed by atoms with van der Waals surface area (Å²) < 4.78 is 19.3. The van der Waals surface area contributed by atoms with Crippen LogP contribution in [0.5, 0.6) is 0 Å². The van der Waals surface area contributed by atoms with Gasteiger partial charge in [0.1, 0.15) is 5.82 Å². The first kappa shape index (κ1) is 20.7. The molecule has 4 atom stereocenters. The minimum Gasteiger partial charge on any atom is -0.450 e. The number of nitrogens with one attached hydrogen (secondary N) is 1. The van der Waals surface area contributed by atoms with E-state index >= 15 is 0 Å². The highest BCUT2D eigenvalue weighted by Crippen LogP contribution is 2.51. The van der Waals surface area contributed by atoms with Gasteiger partial charge in [0.2, 0.25) is 5.91 Å². The van der Waals surface area contributed by atoms with Crippen LogP contribution in [0.3, 0.4) is 0 Å². The number of rotatable bonds is 3. The standard InChI is InChI=1S/C24H32FN3O3.H2/c1-3-31-23(30)28-17-5-6-18(28)12-19(11-17)27-9-8-24(14-27)13-22(26-15(2)29)20-10-16(25)4-7-21(20)24;/h4,7,10,17-19,22H,3,5-6,8-9,11-14H2,1-2H3,(H,26,29);1H/t17?,18?,19?,22-,24?;/m1./s1. The summed E-state index contributed by atoms with van der Waals surface area (Å²) in [4.78, 5) is 28.8. The largest absolute Gasteiger partial charge is 0.450 e. The lowest BCUT2D eigenvalue weighted by Crippen LogP contribution is -2.52. The Morgan fingerprint density at radius 2 is 2.00 bits per heavy atom. The zero-order chi connectivity index (χ0) is 21.8. The van der Waals surface area contributed by atoms with Crippen molar-refractivity contribution in [2.24, 2.45) is 0 Å². The Kier molecular flexibility index (Phi) is 5.19. The molecule has 0 saturated carbocycles. The van der Waals surface area contributed by atoms with Gasteiger partial charge in [-0.1, -0.05) is 6.07 Å². The van der Waals surface area contributed by atoms with E-state index < -0.39 is 0 Å². The third-order valence-electron chi connectivity index (χ3n) is 8.02. The van der Waals surface area contributed by atoms with Crippen LogP contribution in [0.2, 0.25) is 0 Å².